The van der Waals surface area contributed by atoms with Crippen LogP contribution in [0.5, 0.6) is 0 Å². The summed E-state index contributed by atoms with van der Waals surface area (Å²) in [6.07, 6.45) is 6.39. The first-order valence-corrected chi connectivity index (χ1v) is 9.40. The van der Waals surface area contributed by atoms with Crippen LogP contribution in [0.15, 0.2) is 36.4 Å². The summed E-state index contributed by atoms with van der Waals surface area (Å²) in [6, 6.07) is 11.8. The highest BCUT2D eigenvalue weighted by Crippen LogP contribution is 2.26. The van der Waals surface area contributed by atoms with E-state index in [2.05, 4.69) is 10.9 Å². The number of carbonyl (C=O) groups excluding carboxylic acids is 2. The lowest BCUT2D eigenvalue weighted by molar-refractivity contribution is -0.123. The van der Waals surface area contributed by atoms with Gasteiger partial charge in [-0.25, -0.2) is 0 Å². The molecule has 1 aromatic carbocycles. The van der Waals surface area contributed by atoms with Crippen molar-refractivity contribution in [2.75, 3.05) is 0 Å². The standard InChI is InChI=1S/C21H27N3O2/c1-15-13-19(16(2)24(15)18-11-7-4-8-12-18)21(26)23-22-20(25)14-17-9-5-3-6-10-17/h4,7-8,11-13,17H,3,5-6,9-10,14H2,1-2H3,(H,22,25)(H,23,26). The largest absolute Gasteiger partial charge is 0.318 e. The Morgan fingerprint density at radius 2 is 1.73 bits per heavy atom. The summed E-state index contributed by atoms with van der Waals surface area (Å²) in [6.45, 7) is 3.89. The molecule has 0 aliphatic heterocycles. The van der Waals surface area contributed by atoms with Gasteiger partial charge in [0, 0.05) is 23.5 Å². The minimum Gasteiger partial charge on any atom is -0.318 e. The molecule has 2 N–H and O–H groups in total. The second-order valence-electron chi connectivity index (χ2n) is 7.17. The maximum Gasteiger partial charge on any atom is 0.271 e. The Kier molecular flexibility index (Phi) is 5.76. The van der Waals surface area contributed by atoms with Crippen molar-refractivity contribution in [3.63, 3.8) is 0 Å². The Bertz CT molecular complexity index is 774. The van der Waals surface area contributed by atoms with Gasteiger partial charge in [0.2, 0.25) is 5.91 Å². The Morgan fingerprint density at radius 3 is 2.42 bits per heavy atom. The number of para-hydroxylation sites is 1. The van der Waals surface area contributed by atoms with Gasteiger partial charge in [-0.3, -0.25) is 20.4 Å². The molecular formula is C21H27N3O2. The number of nitrogens with zero attached hydrogens (tertiary/aromatic N) is 1. The quantitative estimate of drug-likeness (QED) is 0.821. The molecule has 1 aromatic heterocycles. The monoisotopic (exact) mass is 353 g/mol. The van der Waals surface area contributed by atoms with Crippen LogP contribution in [-0.2, 0) is 4.79 Å². The van der Waals surface area contributed by atoms with Gasteiger partial charge in [-0.15, -0.1) is 0 Å². The van der Waals surface area contributed by atoms with Crippen LogP contribution >= 0.6 is 0 Å². The summed E-state index contributed by atoms with van der Waals surface area (Å²) in [7, 11) is 0. The zero-order valence-corrected chi connectivity index (χ0v) is 15.5. The van der Waals surface area contributed by atoms with Crippen molar-refractivity contribution in [1.82, 2.24) is 15.4 Å². The molecule has 0 atom stereocenters. The zero-order valence-electron chi connectivity index (χ0n) is 15.5. The van der Waals surface area contributed by atoms with E-state index in [4.69, 9.17) is 0 Å². The lowest BCUT2D eigenvalue weighted by Crippen LogP contribution is -2.42. The van der Waals surface area contributed by atoms with Gasteiger partial charge in [0.15, 0.2) is 0 Å². The van der Waals surface area contributed by atoms with Crippen LogP contribution in [-0.4, -0.2) is 16.4 Å². The number of rotatable bonds is 4. The zero-order chi connectivity index (χ0) is 18.5. The molecule has 138 valence electrons. The van der Waals surface area contributed by atoms with E-state index in [9.17, 15) is 9.59 Å². The third kappa shape index (κ3) is 4.15. The van der Waals surface area contributed by atoms with Gasteiger partial charge in [-0.05, 0) is 50.8 Å². The lowest BCUT2D eigenvalue weighted by Gasteiger charge is -2.20. The van der Waals surface area contributed by atoms with Crippen molar-refractivity contribution in [3.05, 3.63) is 53.3 Å². The molecule has 2 amide bonds. The second kappa shape index (κ2) is 8.21. The van der Waals surface area contributed by atoms with Crippen molar-refractivity contribution < 1.29 is 9.59 Å². The van der Waals surface area contributed by atoms with Gasteiger partial charge in [0.25, 0.3) is 5.91 Å². The van der Waals surface area contributed by atoms with E-state index in [0.29, 0.717) is 17.9 Å². The normalized spacial score (nSPS) is 14.8. The van der Waals surface area contributed by atoms with Crippen LogP contribution < -0.4 is 10.9 Å². The first kappa shape index (κ1) is 18.2. The van der Waals surface area contributed by atoms with Gasteiger partial charge < -0.3 is 4.57 Å². The molecule has 1 aliphatic carbocycles. The molecule has 5 nitrogen and oxygen atoms in total. The Balaban J connectivity index is 1.62. The van der Waals surface area contributed by atoms with E-state index in [-0.39, 0.29) is 11.8 Å². The van der Waals surface area contributed by atoms with E-state index < -0.39 is 0 Å². The topological polar surface area (TPSA) is 63.1 Å². The van der Waals surface area contributed by atoms with E-state index in [1.54, 1.807) is 0 Å². The van der Waals surface area contributed by atoms with E-state index in [1.807, 2.05) is 54.8 Å². The van der Waals surface area contributed by atoms with Crippen LogP contribution in [0.4, 0.5) is 0 Å². The average molecular weight is 353 g/mol. The Hall–Kier alpha value is -2.56. The average Bonchev–Trinajstić information content (AvgIpc) is 2.95. The number of nitrogens with one attached hydrogen (secondary N) is 2. The van der Waals surface area contributed by atoms with Crippen molar-refractivity contribution in [1.29, 1.82) is 0 Å². The lowest BCUT2D eigenvalue weighted by atomic mass is 9.87. The second-order valence-corrected chi connectivity index (χ2v) is 7.17. The number of hydrogen-bond donors (Lipinski definition) is 2. The summed E-state index contributed by atoms with van der Waals surface area (Å²) in [5.41, 5.74) is 8.57. The molecule has 1 aliphatic rings. The first-order valence-electron chi connectivity index (χ1n) is 9.40. The van der Waals surface area contributed by atoms with Crippen LogP contribution in [0, 0.1) is 19.8 Å². The van der Waals surface area contributed by atoms with E-state index in [0.717, 1.165) is 29.9 Å². The summed E-state index contributed by atoms with van der Waals surface area (Å²) < 4.78 is 2.04. The summed E-state index contributed by atoms with van der Waals surface area (Å²) in [4.78, 5) is 24.6. The Morgan fingerprint density at radius 1 is 1.04 bits per heavy atom. The van der Waals surface area contributed by atoms with Crippen LogP contribution in [0.2, 0.25) is 0 Å². The Labute approximate surface area is 154 Å². The molecule has 5 heteroatoms. The number of carbonyl (C=O) groups is 2. The smallest absolute Gasteiger partial charge is 0.271 e. The molecule has 2 aromatic rings. The van der Waals surface area contributed by atoms with Crippen LogP contribution in [0.3, 0.4) is 0 Å². The summed E-state index contributed by atoms with van der Waals surface area (Å²) in [5, 5.41) is 0. The van der Waals surface area contributed by atoms with Gasteiger partial charge in [-0.2, -0.15) is 0 Å². The SMILES string of the molecule is Cc1cc(C(=O)NNC(=O)CC2CCCCC2)c(C)n1-c1ccccc1. The fourth-order valence-corrected chi connectivity index (χ4v) is 3.87. The highest BCUT2D eigenvalue weighted by molar-refractivity contribution is 5.97. The fraction of sp³-hybridized carbons (Fsp3) is 0.429. The third-order valence-electron chi connectivity index (χ3n) is 5.20. The first-order chi connectivity index (χ1) is 12.6. The molecule has 1 fully saturated rings. The molecule has 0 saturated heterocycles. The van der Waals surface area contributed by atoms with Crippen molar-refractivity contribution in [3.8, 4) is 5.69 Å². The van der Waals surface area contributed by atoms with Gasteiger partial charge in [0.1, 0.15) is 0 Å². The van der Waals surface area contributed by atoms with Crippen LogP contribution in [0.25, 0.3) is 5.69 Å². The van der Waals surface area contributed by atoms with E-state index in [1.165, 1.54) is 19.3 Å². The number of benzene rings is 1. The maximum absolute atomic E-state index is 12.5. The highest BCUT2D eigenvalue weighted by atomic mass is 16.2. The summed E-state index contributed by atoms with van der Waals surface area (Å²) >= 11 is 0. The minimum atomic E-state index is -0.280. The molecule has 0 unspecified atom stereocenters. The maximum atomic E-state index is 12.5. The number of aromatic nitrogens is 1. The van der Waals surface area contributed by atoms with Crippen molar-refractivity contribution in [2.24, 2.45) is 5.92 Å². The molecule has 1 saturated carbocycles. The van der Waals surface area contributed by atoms with Gasteiger partial charge in [0.05, 0.1) is 5.56 Å². The predicted octanol–water partition coefficient (Wildman–Crippen LogP) is 3.83. The molecule has 26 heavy (non-hydrogen) atoms. The number of hydrogen-bond acceptors (Lipinski definition) is 2. The molecule has 0 bridgehead atoms. The fourth-order valence-electron chi connectivity index (χ4n) is 3.87. The molecular weight excluding hydrogens is 326 g/mol. The number of aryl methyl sites for hydroxylation is 1. The number of hydrazine groups is 1. The van der Waals surface area contributed by atoms with E-state index >= 15 is 0 Å². The summed E-state index contributed by atoms with van der Waals surface area (Å²) in [5.74, 6) is 0.0585. The third-order valence-corrected chi connectivity index (χ3v) is 5.20. The minimum absolute atomic E-state index is 0.109. The molecule has 0 spiro atoms. The van der Waals surface area contributed by atoms with Gasteiger partial charge in [-0.1, -0.05) is 37.5 Å². The predicted molar refractivity (Wildman–Crippen MR) is 102 cm³/mol. The molecule has 0 radical (unpaired) electrons. The van der Waals surface area contributed by atoms with Gasteiger partial charge >= 0.3 is 0 Å². The highest BCUT2D eigenvalue weighted by Gasteiger charge is 2.19. The molecule has 1 heterocycles. The van der Waals surface area contributed by atoms with Crippen molar-refractivity contribution in [2.45, 2.75) is 52.4 Å². The van der Waals surface area contributed by atoms with Crippen molar-refractivity contribution >= 4 is 11.8 Å². The van der Waals surface area contributed by atoms with Crippen LogP contribution in [0.1, 0.15) is 60.3 Å². The molecule has 3 rings (SSSR count). The number of amides is 2.